The Bertz CT molecular complexity index is 394. The molecule has 0 aromatic carbocycles. The Kier molecular flexibility index (Phi) is 3.62. The lowest BCUT2D eigenvalue weighted by Crippen LogP contribution is -2.14. The van der Waals surface area contributed by atoms with E-state index in [0.29, 0.717) is 11.5 Å². The van der Waals surface area contributed by atoms with Crippen molar-refractivity contribution in [3.8, 4) is 0 Å². The van der Waals surface area contributed by atoms with Crippen molar-refractivity contribution >= 4 is 5.97 Å². The molecule has 0 saturated heterocycles. The van der Waals surface area contributed by atoms with Crippen molar-refractivity contribution in [3.05, 3.63) is 23.3 Å². The van der Waals surface area contributed by atoms with Crippen LogP contribution in [0.1, 0.15) is 42.8 Å². The highest BCUT2D eigenvalue weighted by Crippen LogP contribution is 2.19. The van der Waals surface area contributed by atoms with Crippen LogP contribution in [0.25, 0.3) is 0 Å². The topological polar surface area (TPSA) is 52.1 Å². The van der Waals surface area contributed by atoms with Crippen molar-refractivity contribution in [3.63, 3.8) is 0 Å². The first-order valence-electron chi connectivity index (χ1n) is 5.25. The number of rotatable bonds is 2. The fourth-order valence-electron chi connectivity index (χ4n) is 1.47. The Hall–Kier alpha value is -1.45. The lowest BCUT2D eigenvalue weighted by atomic mass is 9.90. The monoisotopic (exact) mass is 222 g/mol. The van der Waals surface area contributed by atoms with E-state index in [1.54, 1.807) is 13.0 Å². The molecule has 4 heteroatoms. The largest absolute Gasteiger partial charge is 0.464 e. The molecule has 4 nitrogen and oxygen atoms in total. The number of methoxy groups -OCH3 is 1. The Morgan fingerprint density at radius 3 is 2.50 bits per heavy atom. The second-order valence-electron chi connectivity index (χ2n) is 5.02. The summed E-state index contributed by atoms with van der Waals surface area (Å²) < 4.78 is 4.65. The highest BCUT2D eigenvalue weighted by Gasteiger charge is 2.16. The average Bonchev–Trinajstić information content (AvgIpc) is 2.12. The van der Waals surface area contributed by atoms with Gasteiger partial charge in [0.15, 0.2) is 5.69 Å². The maximum atomic E-state index is 11.4. The summed E-state index contributed by atoms with van der Waals surface area (Å²) in [6.07, 6.45) is 0.806. The minimum Gasteiger partial charge on any atom is -0.464 e. The van der Waals surface area contributed by atoms with E-state index < -0.39 is 5.97 Å². The zero-order valence-corrected chi connectivity index (χ0v) is 10.5. The molecule has 1 rings (SSSR count). The third-order valence-corrected chi connectivity index (χ3v) is 2.00. The van der Waals surface area contributed by atoms with Crippen LogP contribution in [0.4, 0.5) is 0 Å². The molecule has 1 heterocycles. The van der Waals surface area contributed by atoms with Gasteiger partial charge in [-0.15, -0.1) is 0 Å². The molecule has 0 aliphatic carbocycles. The third-order valence-electron chi connectivity index (χ3n) is 2.00. The summed E-state index contributed by atoms with van der Waals surface area (Å²) in [4.78, 5) is 19.7. The van der Waals surface area contributed by atoms with Crippen LogP contribution in [-0.2, 0) is 11.2 Å². The summed E-state index contributed by atoms with van der Waals surface area (Å²) in [5, 5.41) is 0. The van der Waals surface area contributed by atoms with Gasteiger partial charge in [0, 0.05) is 5.69 Å². The molecule has 1 aromatic heterocycles. The summed E-state index contributed by atoms with van der Waals surface area (Å²) in [5.41, 5.74) is 1.34. The van der Waals surface area contributed by atoms with Gasteiger partial charge in [0.1, 0.15) is 5.82 Å². The second kappa shape index (κ2) is 4.60. The van der Waals surface area contributed by atoms with E-state index in [0.717, 1.165) is 12.1 Å². The predicted molar refractivity (Wildman–Crippen MR) is 61.3 cm³/mol. The minimum absolute atomic E-state index is 0.133. The Balaban J connectivity index is 3.03. The van der Waals surface area contributed by atoms with Crippen LogP contribution >= 0.6 is 0 Å². The van der Waals surface area contributed by atoms with Gasteiger partial charge in [-0.1, -0.05) is 20.8 Å². The first-order valence-corrected chi connectivity index (χ1v) is 5.25. The minimum atomic E-state index is -0.416. The number of ether oxygens (including phenoxy) is 1. The number of aryl methyl sites for hydroxylation is 1. The van der Waals surface area contributed by atoms with E-state index >= 15 is 0 Å². The molecule has 16 heavy (non-hydrogen) atoms. The zero-order valence-electron chi connectivity index (χ0n) is 10.5. The lowest BCUT2D eigenvalue weighted by molar-refractivity contribution is 0.0593. The highest BCUT2D eigenvalue weighted by molar-refractivity contribution is 5.87. The molecule has 0 atom stereocenters. The molecule has 1 aromatic rings. The molecule has 0 fully saturated rings. The van der Waals surface area contributed by atoms with Crippen LogP contribution < -0.4 is 0 Å². The molecule has 0 unspecified atom stereocenters. The van der Waals surface area contributed by atoms with E-state index in [-0.39, 0.29) is 5.41 Å². The molecule has 0 aliphatic rings. The number of aromatic nitrogens is 2. The predicted octanol–water partition coefficient (Wildman–Crippen LogP) is 2.16. The van der Waals surface area contributed by atoms with Gasteiger partial charge in [-0.3, -0.25) is 0 Å². The van der Waals surface area contributed by atoms with Crippen LogP contribution in [-0.4, -0.2) is 23.0 Å². The van der Waals surface area contributed by atoms with Gasteiger partial charge in [-0.2, -0.15) is 0 Å². The summed E-state index contributed by atoms with van der Waals surface area (Å²) >= 11 is 0. The maximum absolute atomic E-state index is 11.4. The van der Waals surface area contributed by atoms with E-state index in [1.165, 1.54) is 7.11 Å². The van der Waals surface area contributed by atoms with Crippen LogP contribution in [0.15, 0.2) is 6.07 Å². The fraction of sp³-hybridized carbons (Fsp3) is 0.583. The SMILES string of the molecule is COC(=O)c1cc(CC(C)(C)C)nc(C)n1. The molecule has 0 amide bonds. The summed E-state index contributed by atoms with van der Waals surface area (Å²) in [6, 6.07) is 1.70. The third kappa shape index (κ3) is 3.61. The van der Waals surface area contributed by atoms with Crippen molar-refractivity contribution in [2.75, 3.05) is 7.11 Å². The van der Waals surface area contributed by atoms with Gasteiger partial charge in [-0.05, 0) is 24.8 Å². The average molecular weight is 222 g/mol. The van der Waals surface area contributed by atoms with Gasteiger partial charge in [-0.25, -0.2) is 14.8 Å². The smallest absolute Gasteiger partial charge is 0.356 e. The Morgan fingerprint density at radius 2 is 2.00 bits per heavy atom. The van der Waals surface area contributed by atoms with Crippen LogP contribution in [0, 0.1) is 12.3 Å². The number of carbonyl (C=O) groups excluding carboxylic acids is 1. The van der Waals surface area contributed by atoms with Gasteiger partial charge >= 0.3 is 5.97 Å². The maximum Gasteiger partial charge on any atom is 0.356 e. The normalized spacial score (nSPS) is 11.3. The number of esters is 1. The first kappa shape index (κ1) is 12.6. The molecule has 0 spiro atoms. The standard InChI is InChI=1S/C12H18N2O2/c1-8-13-9(7-12(2,3)4)6-10(14-8)11(15)16-5/h6H,7H2,1-5H3. The quantitative estimate of drug-likeness (QED) is 0.719. The number of carbonyl (C=O) groups is 1. The van der Waals surface area contributed by atoms with Crippen molar-refractivity contribution in [2.24, 2.45) is 5.41 Å². The first-order chi connectivity index (χ1) is 7.31. The van der Waals surface area contributed by atoms with E-state index in [4.69, 9.17) is 0 Å². The molecule has 0 bridgehead atoms. The molecular weight excluding hydrogens is 204 g/mol. The number of hydrogen-bond donors (Lipinski definition) is 0. The van der Waals surface area contributed by atoms with E-state index in [1.807, 2.05) is 0 Å². The van der Waals surface area contributed by atoms with Crippen LogP contribution in [0.2, 0.25) is 0 Å². The second-order valence-corrected chi connectivity index (χ2v) is 5.02. The Morgan fingerprint density at radius 1 is 1.38 bits per heavy atom. The van der Waals surface area contributed by atoms with Gasteiger partial charge in [0.2, 0.25) is 0 Å². The van der Waals surface area contributed by atoms with Crippen molar-refractivity contribution in [1.82, 2.24) is 9.97 Å². The summed E-state index contributed by atoms with van der Waals surface area (Å²) in [5.74, 6) is 0.183. The van der Waals surface area contributed by atoms with E-state index in [9.17, 15) is 4.79 Å². The molecule has 0 saturated carbocycles. The van der Waals surface area contributed by atoms with Gasteiger partial charge in [0.05, 0.1) is 7.11 Å². The van der Waals surface area contributed by atoms with Crippen LogP contribution in [0.3, 0.4) is 0 Å². The fourth-order valence-corrected chi connectivity index (χ4v) is 1.47. The van der Waals surface area contributed by atoms with Crippen molar-refractivity contribution in [2.45, 2.75) is 34.1 Å². The molecule has 0 N–H and O–H groups in total. The molecular formula is C12H18N2O2. The molecule has 88 valence electrons. The number of hydrogen-bond acceptors (Lipinski definition) is 4. The molecule has 0 radical (unpaired) electrons. The number of nitrogens with zero attached hydrogens (tertiary/aromatic N) is 2. The lowest BCUT2D eigenvalue weighted by Gasteiger charge is -2.17. The summed E-state index contributed by atoms with van der Waals surface area (Å²) in [6.45, 7) is 8.16. The van der Waals surface area contributed by atoms with Crippen LogP contribution in [0.5, 0.6) is 0 Å². The highest BCUT2D eigenvalue weighted by atomic mass is 16.5. The summed E-state index contributed by atoms with van der Waals surface area (Å²) in [7, 11) is 1.35. The van der Waals surface area contributed by atoms with E-state index in [2.05, 4.69) is 35.5 Å². The van der Waals surface area contributed by atoms with Gasteiger partial charge in [0.25, 0.3) is 0 Å². The van der Waals surface area contributed by atoms with Gasteiger partial charge < -0.3 is 4.74 Å². The van der Waals surface area contributed by atoms with Crippen molar-refractivity contribution in [1.29, 1.82) is 0 Å². The molecule has 0 aliphatic heterocycles. The zero-order chi connectivity index (χ0) is 12.3. The Labute approximate surface area is 96.1 Å². The van der Waals surface area contributed by atoms with Crippen molar-refractivity contribution < 1.29 is 9.53 Å².